The molecule has 31 heavy (non-hydrogen) atoms. The number of halogens is 1. The molecule has 11 heteroatoms. The lowest BCUT2D eigenvalue weighted by atomic mass is 10.2. The predicted molar refractivity (Wildman–Crippen MR) is 114 cm³/mol. The van der Waals surface area contributed by atoms with Gasteiger partial charge in [0.25, 0.3) is 0 Å². The van der Waals surface area contributed by atoms with E-state index in [1.54, 1.807) is 37.3 Å². The summed E-state index contributed by atoms with van der Waals surface area (Å²) in [7, 11) is -3.23. The Labute approximate surface area is 178 Å². The van der Waals surface area contributed by atoms with Gasteiger partial charge in [0, 0.05) is 18.3 Å². The van der Waals surface area contributed by atoms with Crippen molar-refractivity contribution in [1.29, 1.82) is 0 Å². The number of aryl methyl sites for hydroxylation is 1. The Morgan fingerprint density at radius 3 is 2.61 bits per heavy atom. The van der Waals surface area contributed by atoms with Crippen molar-refractivity contribution >= 4 is 33.4 Å². The molecule has 0 bridgehead atoms. The van der Waals surface area contributed by atoms with Gasteiger partial charge in [0.1, 0.15) is 11.5 Å². The first kappa shape index (κ1) is 20.7. The van der Waals surface area contributed by atoms with Gasteiger partial charge < -0.3 is 5.32 Å². The van der Waals surface area contributed by atoms with Gasteiger partial charge in [-0.2, -0.15) is 4.68 Å². The van der Waals surface area contributed by atoms with E-state index in [9.17, 15) is 17.6 Å². The van der Waals surface area contributed by atoms with Crippen molar-refractivity contribution in [3.63, 3.8) is 0 Å². The zero-order chi connectivity index (χ0) is 22.0. The van der Waals surface area contributed by atoms with Crippen LogP contribution in [0.25, 0.3) is 11.8 Å². The van der Waals surface area contributed by atoms with Crippen LogP contribution in [0.5, 0.6) is 0 Å². The van der Waals surface area contributed by atoms with Crippen LogP contribution in [0.3, 0.4) is 0 Å². The number of tetrazole rings is 1. The number of amides is 1. The van der Waals surface area contributed by atoms with Crippen molar-refractivity contribution in [2.45, 2.75) is 13.3 Å². The number of nitrogens with one attached hydrogen (secondary N) is 1. The summed E-state index contributed by atoms with van der Waals surface area (Å²) >= 11 is 0. The quantitative estimate of drug-likeness (QED) is 0.607. The maximum atomic E-state index is 14.1. The second kappa shape index (κ2) is 8.26. The third kappa shape index (κ3) is 4.45. The number of carbonyl (C=O) groups excluding carboxylic acids is 1. The molecular weight excluding hydrogens is 423 g/mol. The average molecular weight is 442 g/mol. The Kier molecular flexibility index (Phi) is 5.51. The highest BCUT2D eigenvalue weighted by Gasteiger charge is 2.28. The molecule has 4 rings (SSSR count). The number of anilines is 2. The van der Waals surface area contributed by atoms with Gasteiger partial charge in [-0.1, -0.05) is 12.1 Å². The fraction of sp³-hybridized carbons (Fsp3) is 0.200. The zero-order valence-electron chi connectivity index (χ0n) is 16.6. The molecule has 1 aliphatic rings. The van der Waals surface area contributed by atoms with E-state index < -0.39 is 21.7 Å². The third-order valence-electron chi connectivity index (χ3n) is 4.77. The summed E-state index contributed by atoms with van der Waals surface area (Å²) < 4.78 is 40.8. The summed E-state index contributed by atoms with van der Waals surface area (Å²) in [5, 5.41) is 13.6. The summed E-state index contributed by atoms with van der Waals surface area (Å²) in [5.74, 6) is -0.360. The lowest BCUT2D eigenvalue weighted by Gasteiger charge is -2.16. The predicted octanol–water partition coefficient (Wildman–Crippen LogP) is 2.30. The van der Waals surface area contributed by atoms with Crippen LogP contribution < -0.4 is 9.62 Å². The van der Waals surface area contributed by atoms with Crippen LogP contribution in [0.1, 0.15) is 17.8 Å². The number of sulfonamides is 1. The van der Waals surface area contributed by atoms with Crippen molar-refractivity contribution in [2.24, 2.45) is 0 Å². The third-order valence-corrected chi connectivity index (χ3v) is 6.64. The standard InChI is InChI=1S/C20H19FN6O3S/c1-14-23-24-25-27(14)19-13-16(6-9-18(19)21)22-20(28)10-5-15-3-7-17(8-4-15)26-11-2-12-31(26,29)30/h3-10,13H,2,11-12H2,1H3,(H,22,28)/b10-5+. The zero-order valence-corrected chi connectivity index (χ0v) is 17.4. The maximum Gasteiger partial charge on any atom is 0.248 e. The number of benzene rings is 2. The van der Waals surface area contributed by atoms with E-state index in [1.807, 2.05) is 0 Å². The van der Waals surface area contributed by atoms with E-state index in [-0.39, 0.29) is 11.4 Å². The molecule has 160 valence electrons. The molecule has 1 saturated heterocycles. The topological polar surface area (TPSA) is 110 Å². The number of aromatic nitrogens is 4. The minimum absolute atomic E-state index is 0.122. The van der Waals surface area contributed by atoms with Crippen molar-refractivity contribution in [3.05, 3.63) is 65.7 Å². The molecular formula is C20H19FN6O3S. The first-order valence-corrected chi connectivity index (χ1v) is 11.1. The summed E-state index contributed by atoms with van der Waals surface area (Å²) in [6.07, 6.45) is 3.56. The van der Waals surface area contributed by atoms with Crippen LogP contribution in [0, 0.1) is 12.7 Å². The van der Waals surface area contributed by atoms with Crippen LogP contribution >= 0.6 is 0 Å². The molecule has 1 N–H and O–H groups in total. The van der Waals surface area contributed by atoms with E-state index in [2.05, 4.69) is 20.8 Å². The van der Waals surface area contributed by atoms with Crippen LogP contribution in [-0.4, -0.2) is 46.8 Å². The van der Waals surface area contributed by atoms with E-state index in [0.717, 1.165) is 5.56 Å². The smallest absolute Gasteiger partial charge is 0.248 e. The number of rotatable bonds is 5. The van der Waals surface area contributed by atoms with Gasteiger partial charge in [-0.05, 0) is 65.7 Å². The number of nitrogens with zero attached hydrogens (tertiary/aromatic N) is 5. The van der Waals surface area contributed by atoms with Crippen LogP contribution in [0.15, 0.2) is 48.5 Å². The van der Waals surface area contributed by atoms with Crippen molar-refractivity contribution in [1.82, 2.24) is 20.2 Å². The SMILES string of the molecule is Cc1nnnn1-c1cc(NC(=O)/C=C/c2ccc(N3CCCS3(=O)=O)cc2)ccc1F. The van der Waals surface area contributed by atoms with E-state index >= 15 is 0 Å². The number of carbonyl (C=O) groups is 1. The summed E-state index contributed by atoms with van der Waals surface area (Å²) in [6, 6.07) is 11.0. The summed E-state index contributed by atoms with van der Waals surface area (Å²) in [4.78, 5) is 12.3. The van der Waals surface area contributed by atoms with Gasteiger partial charge in [0.15, 0.2) is 5.82 Å². The lowest BCUT2D eigenvalue weighted by Crippen LogP contribution is -2.24. The highest BCUT2D eigenvalue weighted by Crippen LogP contribution is 2.24. The normalized spacial score (nSPS) is 15.5. The van der Waals surface area contributed by atoms with E-state index in [4.69, 9.17) is 0 Å². The summed E-state index contributed by atoms with van der Waals surface area (Å²) in [6.45, 7) is 2.11. The molecule has 1 amide bonds. The molecule has 0 spiro atoms. The fourth-order valence-electron chi connectivity index (χ4n) is 3.24. The van der Waals surface area contributed by atoms with Gasteiger partial charge in [0.05, 0.1) is 11.4 Å². The van der Waals surface area contributed by atoms with Crippen LogP contribution in [-0.2, 0) is 14.8 Å². The minimum atomic E-state index is -3.23. The first-order chi connectivity index (χ1) is 14.8. The Balaban J connectivity index is 1.44. The highest BCUT2D eigenvalue weighted by atomic mass is 32.2. The first-order valence-electron chi connectivity index (χ1n) is 9.48. The van der Waals surface area contributed by atoms with E-state index in [0.29, 0.717) is 30.2 Å². The van der Waals surface area contributed by atoms with Crippen molar-refractivity contribution in [2.75, 3.05) is 21.9 Å². The molecule has 0 radical (unpaired) electrons. The molecule has 0 aliphatic carbocycles. The summed E-state index contributed by atoms with van der Waals surface area (Å²) in [5.41, 5.74) is 1.85. The number of hydrogen-bond acceptors (Lipinski definition) is 6. The molecule has 1 aliphatic heterocycles. The molecule has 1 fully saturated rings. The minimum Gasteiger partial charge on any atom is -0.322 e. The Morgan fingerprint density at radius 2 is 1.97 bits per heavy atom. The second-order valence-electron chi connectivity index (χ2n) is 6.96. The molecule has 0 unspecified atom stereocenters. The number of hydrogen-bond donors (Lipinski definition) is 1. The molecule has 9 nitrogen and oxygen atoms in total. The van der Waals surface area contributed by atoms with E-state index in [1.165, 1.54) is 33.3 Å². The average Bonchev–Trinajstić information content (AvgIpc) is 3.32. The highest BCUT2D eigenvalue weighted by molar-refractivity contribution is 7.93. The Morgan fingerprint density at radius 1 is 1.19 bits per heavy atom. The monoisotopic (exact) mass is 442 g/mol. The van der Waals surface area contributed by atoms with Crippen LogP contribution in [0.4, 0.5) is 15.8 Å². The molecule has 0 atom stereocenters. The van der Waals surface area contributed by atoms with Crippen LogP contribution in [0.2, 0.25) is 0 Å². The van der Waals surface area contributed by atoms with Gasteiger partial charge in [0.2, 0.25) is 15.9 Å². The largest absolute Gasteiger partial charge is 0.322 e. The second-order valence-corrected chi connectivity index (χ2v) is 8.97. The van der Waals surface area contributed by atoms with Gasteiger partial charge in [-0.3, -0.25) is 9.10 Å². The maximum absolute atomic E-state index is 14.1. The fourth-order valence-corrected chi connectivity index (χ4v) is 4.81. The molecule has 1 aromatic heterocycles. The van der Waals surface area contributed by atoms with Crippen molar-refractivity contribution in [3.8, 4) is 5.69 Å². The van der Waals surface area contributed by atoms with Crippen molar-refractivity contribution < 1.29 is 17.6 Å². The van der Waals surface area contributed by atoms with Gasteiger partial charge in [-0.15, -0.1) is 5.10 Å². The Bertz CT molecular complexity index is 1250. The molecule has 0 saturated carbocycles. The molecule has 3 aromatic rings. The Hall–Kier alpha value is -3.60. The van der Waals surface area contributed by atoms with Gasteiger partial charge >= 0.3 is 0 Å². The lowest BCUT2D eigenvalue weighted by molar-refractivity contribution is -0.111. The molecule has 2 aromatic carbocycles. The van der Waals surface area contributed by atoms with Gasteiger partial charge in [-0.25, -0.2) is 12.8 Å². The molecule has 2 heterocycles.